The fourth-order valence-corrected chi connectivity index (χ4v) is 3.66. The van der Waals surface area contributed by atoms with Crippen molar-refractivity contribution in [3.63, 3.8) is 0 Å². The molecular weight excluding hydrogens is 322 g/mol. The first-order valence-electron chi connectivity index (χ1n) is 8.18. The highest BCUT2D eigenvalue weighted by molar-refractivity contribution is 7.12. The van der Waals surface area contributed by atoms with Crippen molar-refractivity contribution >= 4 is 23.2 Å². The zero-order valence-electron chi connectivity index (χ0n) is 13.6. The van der Waals surface area contributed by atoms with Gasteiger partial charge in [-0.15, -0.1) is 11.3 Å². The SMILES string of the molecule is C[C@@H](NC(=O)C1CCN(C(=O)c2cccs2)CC1)c1ccncc1. The van der Waals surface area contributed by atoms with Gasteiger partial charge in [0.2, 0.25) is 5.91 Å². The summed E-state index contributed by atoms with van der Waals surface area (Å²) in [7, 11) is 0. The summed E-state index contributed by atoms with van der Waals surface area (Å²) in [6.45, 7) is 3.25. The van der Waals surface area contributed by atoms with Gasteiger partial charge < -0.3 is 10.2 Å². The maximum atomic E-state index is 12.5. The monoisotopic (exact) mass is 343 g/mol. The molecule has 1 saturated heterocycles. The van der Waals surface area contributed by atoms with E-state index in [1.54, 1.807) is 12.4 Å². The molecule has 0 aromatic carbocycles. The van der Waals surface area contributed by atoms with E-state index in [-0.39, 0.29) is 23.8 Å². The van der Waals surface area contributed by atoms with Crippen LogP contribution in [0.15, 0.2) is 42.0 Å². The molecule has 0 aliphatic carbocycles. The van der Waals surface area contributed by atoms with Crippen LogP contribution in [-0.2, 0) is 4.79 Å². The fourth-order valence-electron chi connectivity index (χ4n) is 2.97. The van der Waals surface area contributed by atoms with Gasteiger partial charge in [-0.2, -0.15) is 0 Å². The minimum Gasteiger partial charge on any atom is -0.349 e. The number of carbonyl (C=O) groups excluding carboxylic acids is 2. The van der Waals surface area contributed by atoms with E-state index in [2.05, 4.69) is 10.3 Å². The first-order chi connectivity index (χ1) is 11.6. The third-order valence-corrected chi connectivity index (χ3v) is 5.31. The zero-order valence-corrected chi connectivity index (χ0v) is 14.5. The highest BCUT2D eigenvalue weighted by Gasteiger charge is 2.28. The Morgan fingerprint density at radius 1 is 1.25 bits per heavy atom. The third kappa shape index (κ3) is 3.82. The average molecular weight is 343 g/mol. The lowest BCUT2D eigenvalue weighted by Crippen LogP contribution is -2.43. The van der Waals surface area contributed by atoms with Gasteiger partial charge in [-0.1, -0.05) is 6.07 Å². The number of nitrogens with zero attached hydrogens (tertiary/aromatic N) is 2. The molecule has 24 heavy (non-hydrogen) atoms. The lowest BCUT2D eigenvalue weighted by Gasteiger charge is -2.31. The highest BCUT2D eigenvalue weighted by Crippen LogP contribution is 2.22. The molecule has 2 amide bonds. The summed E-state index contributed by atoms with van der Waals surface area (Å²) < 4.78 is 0. The molecule has 1 aliphatic heterocycles. The number of hydrogen-bond donors (Lipinski definition) is 1. The van der Waals surface area contributed by atoms with E-state index >= 15 is 0 Å². The van der Waals surface area contributed by atoms with E-state index in [0.717, 1.165) is 10.4 Å². The van der Waals surface area contributed by atoms with Gasteiger partial charge in [0.15, 0.2) is 0 Å². The average Bonchev–Trinajstić information content (AvgIpc) is 3.16. The Morgan fingerprint density at radius 3 is 2.58 bits per heavy atom. The minimum absolute atomic E-state index is 0.0262. The van der Waals surface area contributed by atoms with Crippen LogP contribution in [0.4, 0.5) is 0 Å². The van der Waals surface area contributed by atoms with E-state index in [1.807, 2.05) is 41.5 Å². The van der Waals surface area contributed by atoms with Crippen molar-refractivity contribution in [1.29, 1.82) is 0 Å². The number of carbonyl (C=O) groups is 2. The number of amides is 2. The zero-order chi connectivity index (χ0) is 16.9. The van der Waals surface area contributed by atoms with Gasteiger partial charge >= 0.3 is 0 Å². The van der Waals surface area contributed by atoms with Crippen LogP contribution >= 0.6 is 11.3 Å². The summed E-state index contributed by atoms with van der Waals surface area (Å²) in [4.78, 5) is 31.4. The topological polar surface area (TPSA) is 62.3 Å². The molecule has 1 N–H and O–H groups in total. The van der Waals surface area contributed by atoms with Gasteiger partial charge in [-0.3, -0.25) is 14.6 Å². The predicted molar refractivity (Wildman–Crippen MR) is 93.7 cm³/mol. The van der Waals surface area contributed by atoms with Crippen LogP contribution in [0.25, 0.3) is 0 Å². The van der Waals surface area contributed by atoms with Gasteiger partial charge in [0.05, 0.1) is 10.9 Å². The number of pyridine rings is 1. The molecule has 2 aromatic rings. The molecule has 1 fully saturated rings. The van der Waals surface area contributed by atoms with Gasteiger partial charge in [-0.05, 0) is 48.9 Å². The normalized spacial score (nSPS) is 16.6. The molecule has 2 aromatic heterocycles. The summed E-state index contributed by atoms with van der Waals surface area (Å²) in [5.74, 6) is 0.123. The van der Waals surface area contributed by atoms with Gasteiger partial charge in [0, 0.05) is 31.4 Å². The van der Waals surface area contributed by atoms with Crippen molar-refractivity contribution in [3.05, 3.63) is 52.5 Å². The molecule has 3 heterocycles. The molecule has 1 atom stereocenters. The Morgan fingerprint density at radius 2 is 1.96 bits per heavy atom. The van der Waals surface area contributed by atoms with Crippen LogP contribution in [0, 0.1) is 5.92 Å². The Bertz CT molecular complexity index is 680. The molecule has 3 rings (SSSR count). The first kappa shape index (κ1) is 16.6. The van der Waals surface area contributed by atoms with Crippen LogP contribution in [0.5, 0.6) is 0 Å². The van der Waals surface area contributed by atoms with Crippen LogP contribution in [0.2, 0.25) is 0 Å². The van der Waals surface area contributed by atoms with E-state index in [4.69, 9.17) is 0 Å². The summed E-state index contributed by atoms with van der Waals surface area (Å²) in [6, 6.07) is 7.52. The Kier molecular flexibility index (Phi) is 5.25. The van der Waals surface area contributed by atoms with Gasteiger partial charge in [0.1, 0.15) is 0 Å². The lowest BCUT2D eigenvalue weighted by atomic mass is 9.95. The van der Waals surface area contributed by atoms with Crippen LogP contribution < -0.4 is 5.32 Å². The van der Waals surface area contributed by atoms with Crippen molar-refractivity contribution in [2.45, 2.75) is 25.8 Å². The van der Waals surface area contributed by atoms with E-state index < -0.39 is 0 Å². The molecule has 0 unspecified atom stereocenters. The molecule has 6 heteroatoms. The standard InChI is InChI=1S/C18H21N3O2S/c1-13(14-4-8-19-9-5-14)20-17(22)15-6-10-21(11-7-15)18(23)16-3-2-12-24-16/h2-5,8-9,12-13,15H,6-7,10-11H2,1H3,(H,20,22)/t13-/m1/s1. The number of piperidine rings is 1. The number of aromatic nitrogens is 1. The van der Waals surface area contributed by atoms with Gasteiger partial charge in [-0.25, -0.2) is 0 Å². The maximum Gasteiger partial charge on any atom is 0.263 e. The van der Waals surface area contributed by atoms with E-state index in [1.165, 1.54) is 11.3 Å². The largest absolute Gasteiger partial charge is 0.349 e. The molecule has 0 spiro atoms. The number of hydrogen-bond acceptors (Lipinski definition) is 4. The number of likely N-dealkylation sites (tertiary alicyclic amines) is 1. The fraction of sp³-hybridized carbons (Fsp3) is 0.389. The second-order valence-electron chi connectivity index (χ2n) is 6.05. The molecule has 1 aliphatic rings. The summed E-state index contributed by atoms with van der Waals surface area (Å²) in [5.41, 5.74) is 1.05. The van der Waals surface area contributed by atoms with Crippen LogP contribution in [-0.4, -0.2) is 34.8 Å². The summed E-state index contributed by atoms with van der Waals surface area (Å²) >= 11 is 1.46. The molecule has 0 saturated carbocycles. The number of rotatable bonds is 4. The van der Waals surface area contributed by atoms with Crippen LogP contribution in [0.3, 0.4) is 0 Å². The molecular formula is C18H21N3O2S. The molecule has 0 bridgehead atoms. The van der Waals surface area contributed by atoms with E-state index in [0.29, 0.717) is 25.9 Å². The van der Waals surface area contributed by atoms with Crippen molar-refractivity contribution in [3.8, 4) is 0 Å². The van der Waals surface area contributed by atoms with Crippen molar-refractivity contribution in [2.24, 2.45) is 5.92 Å². The third-order valence-electron chi connectivity index (χ3n) is 4.45. The summed E-state index contributed by atoms with van der Waals surface area (Å²) in [6.07, 6.45) is 4.89. The molecule has 5 nitrogen and oxygen atoms in total. The first-order valence-corrected chi connectivity index (χ1v) is 9.06. The Balaban J connectivity index is 1.51. The summed E-state index contributed by atoms with van der Waals surface area (Å²) in [5, 5.41) is 4.98. The number of thiophene rings is 1. The van der Waals surface area contributed by atoms with E-state index in [9.17, 15) is 9.59 Å². The molecule has 126 valence electrons. The van der Waals surface area contributed by atoms with Crippen molar-refractivity contribution < 1.29 is 9.59 Å². The number of nitrogens with one attached hydrogen (secondary N) is 1. The minimum atomic E-state index is -0.0359. The Hall–Kier alpha value is -2.21. The van der Waals surface area contributed by atoms with Crippen molar-refractivity contribution in [1.82, 2.24) is 15.2 Å². The highest BCUT2D eigenvalue weighted by atomic mass is 32.1. The second-order valence-corrected chi connectivity index (χ2v) is 7.00. The Labute approximate surface area is 145 Å². The van der Waals surface area contributed by atoms with Crippen molar-refractivity contribution in [2.75, 3.05) is 13.1 Å². The maximum absolute atomic E-state index is 12.5. The smallest absolute Gasteiger partial charge is 0.263 e. The molecule has 0 radical (unpaired) electrons. The van der Waals surface area contributed by atoms with Crippen LogP contribution in [0.1, 0.15) is 41.0 Å². The predicted octanol–water partition coefficient (Wildman–Crippen LogP) is 2.87. The second kappa shape index (κ2) is 7.57. The van der Waals surface area contributed by atoms with Gasteiger partial charge in [0.25, 0.3) is 5.91 Å². The quantitative estimate of drug-likeness (QED) is 0.928. The lowest BCUT2D eigenvalue weighted by molar-refractivity contribution is -0.126.